The maximum absolute atomic E-state index is 12.0. The lowest BCUT2D eigenvalue weighted by molar-refractivity contribution is 0.0975. The van der Waals surface area contributed by atoms with Gasteiger partial charge in [0, 0.05) is 16.8 Å². The first-order valence-electron chi connectivity index (χ1n) is 6.66. The first-order valence-corrected chi connectivity index (χ1v) is 7.06. The van der Waals surface area contributed by atoms with Crippen molar-refractivity contribution in [3.05, 3.63) is 59.7 Å². The Bertz CT molecular complexity index is 727. The number of primary amides is 1. The van der Waals surface area contributed by atoms with E-state index in [9.17, 15) is 9.59 Å². The molecule has 2 aromatic rings. The summed E-state index contributed by atoms with van der Waals surface area (Å²) < 4.78 is 5.03. The summed E-state index contributed by atoms with van der Waals surface area (Å²) >= 11 is 5.09. The fraction of sp³-hybridized carbons (Fsp3) is 0.0625. The number of hydrogen-bond donors (Lipinski definition) is 3. The van der Waals surface area contributed by atoms with Crippen LogP contribution >= 0.6 is 12.2 Å². The van der Waals surface area contributed by atoms with E-state index in [0.717, 1.165) is 0 Å². The predicted octanol–water partition coefficient (Wildman–Crippen LogP) is 1.92. The zero-order valence-corrected chi connectivity index (χ0v) is 13.1. The third kappa shape index (κ3) is 4.52. The molecule has 0 bridgehead atoms. The summed E-state index contributed by atoms with van der Waals surface area (Å²) in [6, 6.07) is 13.1. The fourth-order valence-corrected chi connectivity index (χ4v) is 2.01. The van der Waals surface area contributed by atoms with Crippen molar-refractivity contribution in [3.63, 3.8) is 0 Å². The molecular weight excluding hydrogens is 314 g/mol. The molecule has 7 heteroatoms. The summed E-state index contributed by atoms with van der Waals surface area (Å²) in [6.45, 7) is 0. The molecule has 4 N–H and O–H groups in total. The van der Waals surface area contributed by atoms with E-state index in [1.165, 1.54) is 0 Å². The number of thiocarbonyl (C=S) groups is 1. The van der Waals surface area contributed by atoms with Crippen LogP contribution in [-0.2, 0) is 0 Å². The second kappa shape index (κ2) is 7.37. The van der Waals surface area contributed by atoms with Crippen LogP contribution in [0.25, 0.3) is 0 Å². The highest BCUT2D eigenvalue weighted by atomic mass is 32.1. The van der Waals surface area contributed by atoms with Crippen molar-refractivity contribution in [2.75, 3.05) is 12.4 Å². The minimum absolute atomic E-state index is 0.151. The van der Waals surface area contributed by atoms with Gasteiger partial charge in [-0.2, -0.15) is 0 Å². The van der Waals surface area contributed by atoms with Gasteiger partial charge in [0.2, 0.25) is 5.91 Å². The molecule has 0 aliphatic carbocycles. The molecule has 0 fully saturated rings. The van der Waals surface area contributed by atoms with Gasteiger partial charge in [0.05, 0.1) is 7.11 Å². The number of nitrogens with one attached hydrogen (secondary N) is 2. The lowest BCUT2D eigenvalue weighted by atomic mass is 10.2. The lowest BCUT2D eigenvalue weighted by Gasteiger charge is -2.10. The molecule has 0 aliphatic rings. The molecule has 2 rings (SSSR count). The summed E-state index contributed by atoms with van der Waals surface area (Å²) in [5, 5.41) is 5.57. The Morgan fingerprint density at radius 3 is 2.09 bits per heavy atom. The average molecular weight is 329 g/mol. The molecule has 0 atom stereocenters. The van der Waals surface area contributed by atoms with Gasteiger partial charge in [-0.25, -0.2) is 0 Å². The van der Waals surface area contributed by atoms with E-state index < -0.39 is 5.91 Å². The molecule has 0 unspecified atom stereocenters. The molecule has 23 heavy (non-hydrogen) atoms. The predicted molar refractivity (Wildman–Crippen MR) is 91.6 cm³/mol. The Kier molecular flexibility index (Phi) is 5.27. The van der Waals surface area contributed by atoms with Crippen LogP contribution in [-0.4, -0.2) is 24.0 Å². The minimum Gasteiger partial charge on any atom is -0.497 e. The molecule has 6 nitrogen and oxygen atoms in total. The number of nitrogens with two attached hydrogens (primary N) is 1. The molecular formula is C16H15N3O3S. The number of amides is 2. The summed E-state index contributed by atoms with van der Waals surface area (Å²) in [4.78, 5) is 23.0. The summed E-state index contributed by atoms with van der Waals surface area (Å²) in [5.74, 6) is -0.178. The zero-order chi connectivity index (χ0) is 16.8. The van der Waals surface area contributed by atoms with E-state index in [-0.39, 0.29) is 11.0 Å². The van der Waals surface area contributed by atoms with E-state index in [1.807, 2.05) is 0 Å². The molecule has 0 radical (unpaired) electrons. The molecule has 0 saturated carbocycles. The quantitative estimate of drug-likeness (QED) is 0.745. The van der Waals surface area contributed by atoms with Crippen LogP contribution in [0.15, 0.2) is 48.5 Å². The van der Waals surface area contributed by atoms with Crippen molar-refractivity contribution in [2.45, 2.75) is 0 Å². The van der Waals surface area contributed by atoms with E-state index in [1.54, 1.807) is 55.6 Å². The molecule has 118 valence electrons. The van der Waals surface area contributed by atoms with Crippen LogP contribution < -0.4 is 21.1 Å². The van der Waals surface area contributed by atoms with Crippen LogP contribution in [0.2, 0.25) is 0 Å². The van der Waals surface area contributed by atoms with Gasteiger partial charge in [-0.1, -0.05) is 0 Å². The first kappa shape index (κ1) is 16.4. The Morgan fingerprint density at radius 2 is 1.57 bits per heavy atom. The van der Waals surface area contributed by atoms with Crippen molar-refractivity contribution < 1.29 is 14.3 Å². The number of carbonyl (C=O) groups is 2. The Balaban J connectivity index is 1.95. The summed E-state index contributed by atoms with van der Waals surface area (Å²) in [6.07, 6.45) is 0. The topological polar surface area (TPSA) is 93.4 Å². The summed E-state index contributed by atoms with van der Waals surface area (Å²) in [5.41, 5.74) is 6.65. The van der Waals surface area contributed by atoms with Crippen molar-refractivity contribution in [3.8, 4) is 5.75 Å². The maximum Gasteiger partial charge on any atom is 0.257 e. The van der Waals surface area contributed by atoms with Gasteiger partial charge >= 0.3 is 0 Å². The normalized spacial score (nSPS) is 9.78. The average Bonchev–Trinajstić information content (AvgIpc) is 2.55. The highest BCUT2D eigenvalue weighted by molar-refractivity contribution is 7.80. The third-order valence-corrected chi connectivity index (χ3v) is 3.21. The van der Waals surface area contributed by atoms with Crippen molar-refractivity contribution in [1.29, 1.82) is 0 Å². The van der Waals surface area contributed by atoms with Gasteiger partial charge in [0.15, 0.2) is 5.11 Å². The van der Waals surface area contributed by atoms with E-state index >= 15 is 0 Å². The van der Waals surface area contributed by atoms with Crippen molar-refractivity contribution in [1.82, 2.24) is 5.32 Å². The number of rotatable bonds is 4. The van der Waals surface area contributed by atoms with Gasteiger partial charge in [-0.15, -0.1) is 0 Å². The van der Waals surface area contributed by atoms with Gasteiger partial charge in [0.25, 0.3) is 5.91 Å². The third-order valence-electron chi connectivity index (χ3n) is 3.01. The Labute approximate surface area is 138 Å². The number of ether oxygens (including phenoxy) is 1. The standard InChI is InChI=1S/C16H15N3O3S/c1-22-13-8-4-11(5-9-13)15(21)19-16(23)18-12-6-2-10(3-7-12)14(17)20/h2-9H,1H3,(H2,17,20)(H2,18,19,21,23). The molecule has 0 aromatic heterocycles. The Morgan fingerprint density at radius 1 is 1.00 bits per heavy atom. The van der Waals surface area contributed by atoms with Crippen LogP contribution in [0, 0.1) is 0 Å². The van der Waals surface area contributed by atoms with Crippen molar-refractivity contribution >= 4 is 34.8 Å². The maximum atomic E-state index is 12.0. The molecule has 0 heterocycles. The van der Waals surface area contributed by atoms with E-state index in [2.05, 4.69) is 10.6 Å². The van der Waals surface area contributed by atoms with Gasteiger partial charge in [0.1, 0.15) is 5.75 Å². The van der Waals surface area contributed by atoms with Crippen LogP contribution in [0.3, 0.4) is 0 Å². The van der Waals surface area contributed by atoms with Crippen molar-refractivity contribution in [2.24, 2.45) is 5.73 Å². The number of carbonyl (C=O) groups excluding carboxylic acids is 2. The fourth-order valence-electron chi connectivity index (χ4n) is 1.80. The van der Waals surface area contributed by atoms with Gasteiger partial charge in [-0.05, 0) is 60.7 Å². The second-order valence-electron chi connectivity index (χ2n) is 4.58. The number of benzene rings is 2. The zero-order valence-electron chi connectivity index (χ0n) is 12.3. The SMILES string of the molecule is COc1ccc(C(=O)NC(=S)Nc2ccc(C(N)=O)cc2)cc1. The summed E-state index contributed by atoms with van der Waals surface area (Å²) in [7, 11) is 1.55. The van der Waals surface area contributed by atoms with Gasteiger partial charge < -0.3 is 15.8 Å². The number of anilines is 1. The highest BCUT2D eigenvalue weighted by Gasteiger charge is 2.08. The lowest BCUT2D eigenvalue weighted by Crippen LogP contribution is -2.34. The smallest absolute Gasteiger partial charge is 0.257 e. The second-order valence-corrected chi connectivity index (χ2v) is 4.99. The largest absolute Gasteiger partial charge is 0.497 e. The highest BCUT2D eigenvalue weighted by Crippen LogP contribution is 2.12. The molecule has 0 saturated heterocycles. The van der Waals surface area contributed by atoms with Crippen LogP contribution in [0.1, 0.15) is 20.7 Å². The molecule has 2 aromatic carbocycles. The Hall–Kier alpha value is -2.93. The molecule has 0 spiro atoms. The minimum atomic E-state index is -0.507. The van der Waals surface area contributed by atoms with Gasteiger partial charge in [-0.3, -0.25) is 14.9 Å². The molecule has 0 aliphatic heterocycles. The monoisotopic (exact) mass is 329 g/mol. The van der Waals surface area contributed by atoms with E-state index in [4.69, 9.17) is 22.7 Å². The number of methoxy groups -OCH3 is 1. The molecule has 2 amide bonds. The first-order chi connectivity index (χ1) is 11.0. The number of hydrogen-bond acceptors (Lipinski definition) is 4. The van der Waals surface area contributed by atoms with Crippen LogP contribution in [0.5, 0.6) is 5.75 Å². The van der Waals surface area contributed by atoms with Crippen LogP contribution in [0.4, 0.5) is 5.69 Å². The van der Waals surface area contributed by atoms with E-state index in [0.29, 0.717) is 22.6 Å².